The summed E-state index contributed by atoms with van der Waals surface area (Å²) in [5.41, 5.74) is 2.18. The number of ether oxygens (including phenoxy) is 1. The Morgan fingerprint density at radius 3 is 2.77 bits per heavy atom. The van der Waals surface area contributed by atoms with Crippen LogP contribution in [-0.4, -0.2) is 35.7 Å². The third kappa shape index (κ3) is 3.48. The number of hydrogen-bond donors (Lipinski definition) is 1. The van der Waals surface area contributed by atoms with Crippen molar-refractivity contribution in [3.8, 4) is 5.75 Å². The Morgan fingerprint density at radius 2 is 2.00 bits per heavy atom. The number of nitrogens with zero attached hydrogens (tertiary/aromatic N) is 1. The van der Waals surface area contributed by atoms with Crippen molar-refractivity contribution < 1.29 is 19.1 Å². The van der Waals surface area contributed by atoms with Crippen LogP contribution in [0.15, 0.2) is 51.7 Å². The molecule has 0 unspecified atom stereocenters. The lowest BCUT2D eigenvalue weighted by atomic mass is 9.98. The molecule has 4 rings (SSSR count). The van der Waals surface area contributed by atoms with E-state index >= 15 is 0 Å². The third-order valence-corrected chi connectivity index (χ3v) is 5.40. The van der Waals surface area contributed by atoms with Gasteiger partial charge in [-0.1, -0.05) is 37.1 Å². The number of fused-ring (bicyclic) bond motifs is 2. The van der Waals surface area contributed by atoms with Gasteiger partial charge in [0.05, 0.1) is 30.2 Å². The third-order valence-electron chi connectivity index (χ3n) is 5.40. The van der Waals surface area contributed by atoms with Gasteiger partial charge in [0.1, 0.15) is 11.3 Å². The number of unbranched alkanes of at least 4 members (excludes halogenated alkanes) is 1. The molecule has 1 atom stereocenters. The monoisotopic (exact) mass is 407 g/mol. The van der Waals surface area contributed by atoms with Gasteiger partial charge >= 0.3 is 0 Å². The molecule has 0 radical (unpaired) electrons. The number of carbonyl (C=O) groups is 1. The van der Waals surface area contributed by atoms with E-state index in [1.54, 1.807) is 12.1 Å². The van der Waals surface area contributed by atoms with Crippen molar-refractivity contribution in [2.45, 2.75) is 32.7 Å². The molecule has 1 aliphatic heterocycles. The maximum Gasteiger partial charge on any atom is 0.290 e. The Morgan fingerprint density at radius 1 is 1.17 bits per heavy atom. The minimum Gasteiger partial charge on any atom is -0.494 e. The van der Waals surface area contributed by atoms with Crippen LogP contribution >= 0.6 is 0 Å². The Labute approximate surface area is 174 Å². The lowest BCUT2D eigenvalue weighted by Crippen LogP contribution is -2.32. The predicted octanol–water partition coefficient (Wildman–Crippen LogP) is 3.82. The number of rotatable bonds is 7. The van der Waals surface area contributed by atoms with Gasteiger partial charge in [-0.15, -0.1) is 0 Å². The van der Waals surface area contributed by atoms with Gasteiger partial charge in [-0.05, 0) is 43.2 Å². The fourth-order valence-corrected chi connectivity index (χ4v) is 3.93. The number of aliphatic hydroxyl groups is 1. The van der Waals surface area contributed by atoms with Crippen LogP contribution < -0.4 is 10.2 Å². The van der Waals surface area contributed by atoms with Crippen LogP contribution in [-0.2, 0) is 0 Å². The van der Waals surface area contributed by atoms with Gasteiger partial charge in [-0.2, -0.15) is 0 Å². The topological polar surface area (TPSA) is 80.0 Å². The molecular weight excluding hydrogens is 382 g/mol. The smallest absolute Gasteiger partial charge is 0.290 e. The minimum atomic E-state index is -0.629. The molecular formula is C24H25NO5. The van der Waals surface area contributed by atoms with E-state index < -0.39 is 6.04 Å². The zero-order valence-electron chi connectivity index (χ0n) is 17.2. The first-order valence-electron chi connectivity index (χ1n) is 10.3. The van der Waals surface area contributed by atoms with Crippen LogP contribution in [0.1, 0.15) is 53.1 Å². The van der Waals surface area contributed by atoms with E-state index in [9.17, 15) is 14.7 Å². The van der Waals surface area contributed by atoms with E-state index in [0.717, 1.165) is 24.0 Å². The molecule has 2 aromatic carbocycles. The number of β-amino-alcohol motifs (C(OH)–C–C–N with tert-alkyl or cyclic N) is 1. The summed E-state index contributed by atoms with van der Waals surface area (Å²) < 4.78 is 11.7. The Hall–Kier alpha value is -3.12. The molecule has 0 saturated heterocycles. The molecule has 2 heterocycles. The zero-order chi connectivity index (χ0) is 21.3. The SMILES string of the molecule is CCCCOc1cccc([C@@H]2c3c(oc4ccc(C)cc4c3=O)C(=O)N2CCO)c1. The van der Waals surface area contributed by atoms with Gasteiger partial charge in [0.2, 0.25) is 5.76 Å². The zero-order valence-corrected chi connectivity index (χ0v) is 17.2. The van der Waals surface area contributed by atoms with Crippen LogP contribution in [0.25, 0.3) is 11.0 Å². The molecule has 0 saturated carbocycles. The molecule has 30 heavy (non-hydrogen) atoms. The summed E-state index contributed by atoms with van der Waals surface area (Å²) in [4.78, 5) is 28.0. The summed E-state index contributed by atoms with van der Waals surface area (Å²) >= 11 is 0. The van der Waals surface area contributed by atoms with Crippen molar-refractivity contribution >= 4 is 16.9 Å². The first-order valence-corrected chi connectivity index (χ1v) is 10.3. The molecule has 6 nitrogen and oxygen atoms in total. The van der Waals surface area contributed by atoms with Crippen LogP contribution in [0.2, 0.25) is 0 Å². The fraction of sp³-hybridized carbons (Fsp3) is 0.333. The number of aryl methyl sites for hydroxylation is 1. The average molecular weight is 407 g/mol. The van der Waals surface area contributed by atoms with E-state index in [2.05, 4.69) is 6.92 Å². The van der Waals surface area contributed by atoms with Crippen molar-refractivity contribution in [2.24, 2.45) is 0 Å². The number of amides is 1. The van der Waals surface area contributed by atoms with E-state index in [0.29, 0.717) is 28.9 Å². The number of hydrogen-bond acceptors (Lipinski definition) is 5. The molecule has 1 aliphatic rings. The van der Waals surface area contributed by atoms with E-state index in [1.165, 1.54) is 4.90 Å². The molecule has 0 fully saturated rings. The van der Waals surface area contributed by atoms with Crippen molar-refractivity contribution in [1.29, 1.82) is 0 Å². The molecule has 156 valence electrons. The van der Waals surface area contributed by atoms with E-state index in [1.807, 2.05) is 37.3 Å². The second-order valence-electron chi connectivity index (χ2n) is 7.57. The van der Waals surface area contributed by atoms with E-state index in [4.69, 9.17) is 9.15 Å². The summed E-state index contributed by atoms with van der Waals surface area (Å²) in [6.07, 6.45) is 1.97. The van der Waals surface area contributed by atoms with Gasteiger partial charge in [0.15, 0.2) is 5.43 Å². The van der Waals surface area contributed by atoms with Crippen LogP contribution in [0.3, 0.4) is 0 Å². The van der Waals surface area contributed by atoms with Crippen LogP contribution in [0, 0.1) is 6.92 Å². The van der Waals surface area contributed by atoms with Gasteiger partial charge in [0, 0.05) is 6.54 Å². The number of aliphatic hydroxyl groups excluding tert-OH is 1. The molecule has 0 aliphatic carbocycles. The molecule has 1 amide bonds. The summed E-state index contributed by atoms with van der Waals surface area (Å²) in [6, 6.07) is 12.1. The molecule has 1 aromatic heterocycles. The standard InChI is InChI=1S/C24H25NO5/c1-3-4-12-29-17-7-5-6-16(14-17)21-20-22(27)18-13-15(2)8-9-19(18)30-23(20)24(28)25(21)10-11-26/h5-9,13-14,21,26H,3-4,10-12H2,1-2H3/t21-/m1/s1. The van der Waals surface area contributed by atoms with Gasteiger partial charge < -0.3 is 19.2 Å². The van der Waals surface area contributed by atoms with Crippen molar-refractivity contribution in [3.05, 3.63) is 75.1 Å². The molecule has 0 bridgehead atoms. The second kappa shape index (κ2) is 8.32. The molecule has 3 aromatic rings. The summed E-state index contributed by atoms with van der Waals surface area (Å²) in [5.74, 6) is 0.347. The average Bonchev–Trinajstić information content (AvgIpc) is 3.02. The lowest BCUT2D eigenvalue weighted by Gasteiger charge is -2.24. The summed E-state index contributed by atoms with van der Waals surface area (Å²) in [5, 5.41) is 10.0. The summed E-state index contributed by atoms with van der Waals surface area (Å²) in [6.45, 7) is 4.49. The largest absolute Gasteiger partial charge is 0.494 e. The van der Waals surface area contributed by atoms with Crippen molar-refractivity contribution in [1.82, 2.24) is 4.90 Å². The maximum absolute atomic E-state index is 13.4. The highest BCUT2D eigenvalue weighted by Gasteiger charge is 2.42. The lowest BCUT2D eigenvalue weighted by molar-refractivity contribution is 0.0691. The first-order chi connectivity index (χ1) is 14.5. The normalized spacial score (nSPS) is 15.6. The Balaban J connectivity index is 1.86. The van der Waals surface area contributed by atoms with E-state index in [-0.39, 0.29) is 30.2 Å². The quantitative estimate of drug-likeness (QED) is 0.603. The maximum atomic E-state index is 13.4. The number of benzene rings is 2. The van der Waals surface area contributed by atoms with Crippen LogP contribution in [0.4, 0.5) is 0 Å². The van der Waals surface area contributed by atoms with Gasteiger partial charge in [-0.3, -0.25) is 9.59 Å². The van der Waals surface area contributed by atoms with Crippen LogP contribution in [0.5, 0.6) is 5.75 Å². The highest BCUT2D eigenvalue weighted by Crippen LogP contribution is 2.38. The molecule has 1 N–H and O–H groups in total. The second-order valence-corrected chi connectivity index (χ2v) is 7.57. The number of carbonyl (C=O) groups excluding carboxylic acids is 1. The summed E-state index contributed by atoms with van der Waals surface area (Å²) in [7, 11) is 0. The Bertz CT molecular complexity index is 1150. The van der Waals surface area contributed by atoms with Gasteiger partial charge in [0.25, 0.3) is 5.91 Å². The van der Waals surface area contributed by atoms with Gasteiger partial charge in [-0.25, -0.2) is 0 Å². The first kappa shape index (κ1) is 20.2. The highest BCUT2D eigenvalue weighted by molar-refractivity contribution is 5.99. The fourth-order valence-electron chi connectivity index (χ4n) is 3.93. The van der Waals surface area contributed by atoms with Crippen molar-refractivity contribution in [2.75, 3.05) is 19.8 Å². The molecule has 0 spiro atoms. The minimum absolute atomic E-state index is 0.0482. The predicted molar refractivity (Wildman–Crippen MR) is 114 cm³/mol. The van der Waals surface area contributed by atoms with Crippen molar-refractivity contribution in [3.63, 3.8) is 0 Å². The molecule has 6 heteroatoms. The Kier molecular flexibility index (Phi) is 5.59. The highest BCUT2D eigenvalue weighted by atomic mass is 16.5.